The number of rotatable bonds is 3. The van der Waals surface area contributed by atoms with Crippen molar-refractivity contribution >= 4 is 28.2 Å². The summed E-state index contributed by atoms with van der Waals surface area (Å²) in [5.41, 5.74) is 5.05. The molecule has 0 saturated carbocycles. The van der Waals surface area contributed by atoms with Gasteiger partial charge in [-0.05, 0) is 42.3 Å². The van der Waals surface area contributed by atoms with Crippen molar-refractivity contribution in [1.29, 1.82) is 0 Å². The topological polar surface area (TPSA) is 65.1 Å². The van der Waals surface area contributed by atoms with E-state index < -0.39 is 0 Å². The highest BCUT2D eigenvalue weighted by molar-refractivity contribution is 6.30. The quantitative estimate of drug-likeness (QED) is 0.456. The Hall–Kier alpha value is -3.51. The molecular formula is C22H16ClN5O. The van der Waals surface area contributed by atoms with E-state index in [1.165, 1.54) is 0 Å². The van der Waals surface area contributed by atoms with Crippen molar-refractivity contribution in [2.75, 3.05) is 0 Å². The van der Waals surface area contributed by atoms with Gasteiger partial charge in [0.05, 0.1) is 23.1 Å². The average molecular weight is 402 g/mol. The highest BCUT2D eigenvalue weighted by atomic mass is 35.5. The second-order valence-corrected chi connectivity index (χ2v) is 7.31. The zero-order valence-corrected chi connectivity index (χ0v) is 16.3. The van der Waals surface area contributed by atoms with Gasteiger partial charge in [0.25, 0.3) is 5.56 Å². The molecule has 6 nitrogen and oxygen atoms in total. The van der Waals surface area contributed by atoms with Gasteiger partial charge in [-0.2, -0.15) is 5.10 Å². The van der Waals surface area contributed by atoms with E-state index >= 15 is 0 Å². The van der Waals surface area contributed by atoms with Crippen LogP contribution in [0.15, 0.2) is 72.0 Å². The number of fused-ring (bicyclic) bond motifs is 3. The van der Waals surface area contributed by atoms with Crippen LogP contribution in [-0.4, -0.2) is 24.1 Å². The number of aryl methyl sites for hydroxylation is 1. The molecule has 0 saturated heterocycles. The van der Waals surface area contributed by atoms with Crippen LogP contribution < -0.4 is 5.56 Å². The lowest BCUT2D eigenvalue weighted by Crippen LogP contribution is -2.21. The summed E-state index contributed by atoms with van der Waals surface area (Å²) in [4.78, 5) is 21.7. The van der Waals surface area contributed by atoms with Crippen molar-refractivity contribution < 1.29 is 0 Å². The largest absolute Gasteiger partial charge is 0.310 e. The fourth-order valence-corrected chi connectivity index (χ4v) is 3.71. The van der Waals surface area contributed by atoms with Crippen molar-refractivity contribution in [3.8, 4) is 11.1 Å². The molecule has 0 N–H and O–H groups in total. The predicted molar refractivity (Wildman–Crippen MR) is 113 cm³/mol. The predicted octanol–water partition coefficient (Wildman–Crippen LogP) is 4.12. The van der Waals surface area contributed by atoms with Crippen molar-refractivity contribution in [1.82, 2.24) is 24.1 Å². The van der Waals surface area contributed by atoms with Gasteiger partial charge >= 0.3 is 0 Å². The Morgan fingerprint density at radius 3 is 2.66 bits per heavy atom. The zero-order chi connectivity index (χ0) is 20.0. The average Bonchev–Trinajstić information content (AvgIpc) is 3.08. The van der Waals surface area contributed by atoms with Gasteiger partial charge in [-0.3, -0.25) is 9.78 Å². The Kier molecular flexibility index (Phi) is 4.14. The molecule has 0 atom stereocenters. The summed E-state index contributed by atoms with van der Waals surface area (Å²) in [6.45, 7) is 2.39. The number of halogens is 1. The molecule has 5 rings (SSSR count). The molecule has 0 spiro atoms. The molecule has 4 heterocycles. The van der Waals surface area contributed by atoms with Crippen LogP contribution in [0.1, 0.15) is 11.3 Å². The third kappa shape index (κ3) is 2.98. The number of benzene rings is 1. The zero-order valence-electron chi connectivity index (χ0n) is 15.6. The third-order valence-corrected chi connectivity index (χ3v) is 5.22. The molecule has 0 fully saturated rings. The summed E-state index contributed by atoms with van der Waals surface area (Å²) in [5, 5.41) is 5.86. The third-order valence-electron chi connectivity index (χ3n) is 4.97. The minimum absolute atomic E-state index is 0.109. The van der Waals surface area contributed by atoms with Crippen molar-refractivity contribution in [2.45, 2.75) is 13.5 Å². The van der Waals surface area contributed by atoms with E-state index in [2.05, 4.69) is 15.1 Å². The van der Waals surface area contributed by atoms with Gasteiger partial charge in [-0.1, -0.05) is 29.8 Å². The van der Waals surface area contributed by atoms with Crippen LogP contribution >= 0.6 is 11.6 Å². The minimum Gasteiger partial charge on any atom is -0.310 e. The van der Waals surface area contributed by atoms with Crippen LogP contribution in [-0.2, 0) is 6.54 Å². The van der Waals surface area contributed by atoms with Crippen molar-refractivity contribution in [3.05, 3.63) is 93.9 Å². The first-order chi connectivity index (χ1) is 14.1. The van der Waals surface area contributed by atoms with Crippen LogP contribution in [0.2, 0.25) is 5.02 Å². The van der Waals surface area contributed by atoms with E-state index in [1.807, 2.05) is 49.4 Å². The lowest BCUT2D eigenvalue weighted by atomic mass is 10.1. The molecule has 0 aliphatic rings. The number of hydrogen-bond acceptors (Lipinski definition) is 4. The Labute approximate surface area is 171 Å². The summed E-state index contributed by atoms with van der Waals surface area (Å²) in [7, 11) is 0. The molecular weight excluding hydrogens is 386 g/mol. The lowest BCUT2D eigenvalue weighted by Gasteiger charge is -2.08. The van der Waals surface area contributed by atoms with Gasteiger partial charge in [-0.25, -0.2) is 9.50 Å². The van der Waals surface area contributed by atoms with Crippen LogP contribution in [0.5, 0.6) is 0 Å². The highest BCUT2D eigenvalue weighted by Crippen LogP contribution is 2.29. The van der Waals surface area contributed by atoms with Gasteiger partial charge in [-0.15, -0.1) is 0 Å². The van der Waals surface area contributed by atoms with E-state index in [9.17, 15) is 4.79 Å². The molecule has 0 unspecified atom stereocenters. The Bertz CT molecular complexity index is 1410. The standard InChI is InChI=1S/C22H16ClN5O/c1-14-20(16-4-6-17(23)7-5-16)21-25-12-18-19(28(21)26-14)8-10-27(22(18)29)13-15-3-2-9-24-11-15/h2-12H,13H2,1H3. The molecule has 0 aliphatic carbocycles. The fourth-order valence-electron chi connectivity index (χ4n) is 3.58. The molecule has 0 bridgehead atoms. The first-order valence-electron chi connectivity index (χ1n) is 9.14. The van der Waals surface area contributed by atoms with Crippen molar-refractivity contribution in [3.63, 3.8) is 0 Å². The maximum atomic E-state index is 13.0. The smallest absolute Gasteiger partial charge is 0.261 e. The monoisotopic (exact) mass is 401 g/mol. The molecule has 7 heteroatoms. The highest BCUT2D eigenvalue weighted by Gasteiger charge is 2.16. The summed E-state index contributed by atoms with van der Waals surface area (Å²) >= 11 is 6.02. The van der Waals surface area contributed by atoms with E-state index in [0.717, 1.165) is 27.9 Å². The summed E-state index contributed by atoms with van der Waals surface area (Å²) in [5.74, 6) is 0. The van der Waals surface area contributed by atoms with Crippen LogP contribution in [0.3, 0.4) is 0 Å². The van der Waals surface area contributed by atoms with Crippen molar-refractivity contribution in [2.24, 2.45) is 0 Å². The van der Waals surface area contributed by atoms with E-state index in [0.29, 0.717) is 22.6 Å². The van der Waals surface area contributed by atoms with Crippen LogP contribution in [0.4, 0.5) is 0 Å². The molecule has 0 amide bonds. The Morgan fingerprint density at radius 1 is 1.07 bits per heavy atom. The Morgan fingerprint density at radius 2 is 1.90 bits per heavy atom. The summed E-state index contributed by atoms with van der Waals surface area (Å²) < 4.78 is 3.40. The van der Waals surface area contributed by atoms with Gasteiger partial charge in [0.2, 0.25) is 0 Å². The SMILES string of the molecule is Cc1nn2c(ncc3c(=O)n(Cc4cccnc4)ccc32)c1-c1ccc(Cl)cc1. The number of nitrogens with zero attached hydrogens (tertiary/aromatic N) is 5. The molecule has 29 heavy (non-hydrogen) atoms. The molecule has 142 valence electrons. The van der Waals surface area contributed by atoms with Crippen LogP contribution in [0, 0.1) is 6.92 Å². The maximum absolute atomic E-state index is 13.0. The van der Waals surface area contributed by atoms with Crippen LogP contribution in [0.25, 0.3) is 27.7 Å². The molecule has 5 aromatic rings. The summed E-state index contributed by atoms with van der Waals surface area (Å²) in [6.07, 6.45) is 6.89. The fraction of sp³-hybridized carbons (Fsp3) is 0.0909. The number of aromatic nitrogens is 5. The Balaban J connectivity index is 1.68. The molecule has 1 aromatic carbocycles. The van der Waals surface area contributed by atoms with Gasteiger partial charge in [0.1, 0.15) is 0 Å². The van der Waals surface area contributed by atoms with Gasteiger partial charge < -0.3 is 4.57 Å². The normalized spacial score (nSPS) is 11.4. The minimum atomic E-state index is -0.109. The molecule has 0 aliphatic heterocycles. The first-order valence-corrected chi connectivity index (χ1v) is 9.52. The second-order valence-electron chi connectivity index (χ2n) is 6.87. The number of pyridine rings is 2. The number of hydrogen-bond donors (Lipinski definition) is 0. The first kappa shape index (κ1) is 17.6. The van der Waals surface area contributed by atoms with E-state index in [4.69, 9.17) is 11.6 Å². The van der Waals surface area contributed by atoms with Gasteiger partial charge in [0.15, 0.2) is 5.65 Å². The molecule has 4 aromatic heterocycles. The second kappa shape index (κ2) is 6.83. The van der Waals surface area contributed by atoms with Gasteiger partial charge in [0, 0.05) is 35.4 Å². The van der Waals surface area contributed by atoms with E-state index in [-0.39, 0.29) is 5.56 Å². The molecule has 0 radical (unpaired) electrons. The lowest BCUT2D eigenvalue weighted by molar-refractivity contribution is 0.762. The maximum Gasteiger partial charge on any atom is 0.261 e. The van der Waals surface area contributed by atoms with E-state index in [1.54, 1.807) is 33.9 Å². The summed E-state index contributed by atoms with van der Waals surface area (Å²) in [6, 6.07) is 13.3.